The second-order valence-corrected chi connectivity index (χ2v) is 5.52. The number of halogens is 1. The van der Waals surface area contributed by atoms with E-state index in [4.69, 9.17) is 16.3 Å². The van der Waals surface area contributed by atoms with Gasteiger partial charge in [-0.05, 0) is 42.7 Å². The van der Waals surface area contributed by atoms with Crippen molar-refractivity contribution in [1.29, 1.82) is 0 Å². The fourth-order valence-corrected chi connectivity index (χ4v) is 2.43. The van der Waals surface area contributed by atoms with Gasteiger partial charge in [0, 0.05) is 17.1 Å². The molecule has 0 aliphatic heterocycles. The highest BCUT2D eigenvalue weighted by atomic mass is 35.5. The Hall–Kier alpha value is -2.00. The summed E-state index contributed by atoms with van der Waals surface area (Å²) in [5.74, 6) is -0.172. The molecule has 2 aromatic carbocycles. The van der Waals surface area contributed by atoms with Crippen LogP contribution in [-0.2, 0) is 9.53 Å². The van der Waals surface area contributed by atoms with Crippen LogP contribution >= 0.6 is 11.6 Å². The van der Waals surface area contributed by atoms with E-state index >= 15 is 0 Å². The number of rotatable bonds is 7. The molecule has 0 heterocycles. The van der Waals surface area contributed by atoms with E-state index in [2.05, 4.69) is 5.32 Å². The van der Waals surface area contributed by atoms with Crippen molar-refractivity contribution in [3.63, 3.8) is 0 Å². The molecule has 0 bridgehead atoms. The highest BCUT2D eigenvalue weighted by Crippen LogP contribution is 2.25. The first-order chi connectivity index (χ1) is 10.7. The fraction of sp³-hybridized carbons (Fsp3) is 0.278. The lowest BCUT2D eigenvalue weighted by Crippen LogP contribution is -2.12. The van der Waals surface area contributed by atoms with E-state index < -0.39 is 0 Å². The molecule has 4 heteroatoms. The number of carbonyl (C=O) groups excluding carboxylic acids is 1. The van der Waals surface area contributed by atoms with Crippen molar-refractivity contribution in [1.82, 2.24) is 0 Å². The molecule has 2 rings (SSSR count). The van der Waals surface area contributed by atoms with Gasteiger partial charge in [0.2, 0.25) is 0 Å². The molecular formula is C18H20ClNO2. The summed E-state index contributed by atoms with van der Waals surface area (Å²) in [7, 11) is 1.42. The van der Waals surface area contributed by atoms with Crippen LogP contribution in [0.4, 0.5) is 5.69 Å². The Labute approximate surface area is 136 Å². The van der Waals surface area contributed by atoms with E-state index in [1.165, 1.54) is 7.11 Å². The minimum absolute atomic E-state index is 0.129. The van der Waals surface area contributed by atoms with Gasteiger partial charge >= 0.3 is 5.97 Å². The van der Waals surface area contributed by atoms with Gasteiger partial charge in [0.15, 0.2) is 0 Å². The first-order valence-electron chi connectivity index (χ1n) is 7.33. The number of hydrogen-bond acceptors (Lipinski definition) is 3. The Balaban J connectivity index is 2.06. The van der Waals surface area contributed by atoms with Crippen molar-refractivity contribution < 1.29 is 9.53 Å². The van der Waals surface area contributed by atoms with Crippen molar-refractivity contribution in [2.45, 2.75) is 25.3 Å². The molecule has 116 valence electrons. The molecule has 1 unspecified atom stereocenters. The number of carbonyl (C=O) groups is 1. The molecule has 0 amide bonds. The van der Waals surface area contributed by atoms with Crippen molar-refractivity contribution in [2.75, 3.05) is 12.4 Å². The number of hydrogen-bond donors (Lipinski definition) is 1. The van der Waals surface area contributed by atoms with E-state index in [1.54, 1.807) is 0 Å². The number of anilines is 1. The summed E-state index contributed by atoms with van der Waals surface area (Å²) in [6.45, 7) is 0. The summed E-state index contributed by atoms with van der Waals surface area (Å²) in [4.78, 5) is 11.3. The first-order valence-corrected chi connectivity index (χ1v) is 7.70. The third kappa shape index (κ3) is 5.08. The summed E-state index contributed by atoms with van der Waals surface area (Å²) >= 11 is 5.96. The molecule has 0 aliphatic rings. The SMILES string of the molecule is COC(=O)CCCC(Nc1ccccc1)c1ccc(Cl)cc1. The molecule has 0 spiro atoms. The van der Waals surface area contributed by atoms with Crippen molar-refractivity contribution in [3.8, 4) is 0 Å². The number of ether oxygens (including phenoxy) is 1. The van der Waals surface area contributed by atoms with Gasteiger partial charge in [-0.3, -0.25) is 4.79 Å². The number of benzene rings is 2. The zero-order valence-electron chi connectivity index (χ0n) is 12.6. The van der Waals surface area contributed by atoms with Gasteiger partial charge in [-0.15, -0.1) is 0 Å². The standard InChI is InChI=1S/C18H20ClNO2/c1-22-18(21)9-5-8-17(14-10-12-15(19)13-11-14)20-16-6-3-2-4-7-16/h2-4,6-7,10-13,17,20H,5,8-9H2,1H3. The fourth-order valence-electron chi connectivity index (χ4n) is 2.31. The lowest BCUT2D eigenvalue weighted by molar-refractivity contribution is -0.140. The molecule has 1 atom stereocenters. The summed E-state index contributed by atoms with van der Waals surface area (Å²) < 4.78 is 4.69. The Morgan fingerprint density at radius 2 is 1.82 bits per heavy atom. The van der Waals surface area contributed by atoms with Gasteiger partial charge in [-0.2, -0.15) is 0 Å². The average Bonchev–Trinajstić information content (AvgIpc) is 2.55. The number of para-hydroxylation sites is 1. The molecule has 1 N–H and O–H groups in total. The Kier molecular flexibility index (Phi) is 6.28. The van der Waals surface area contributed by atoms with Crippen LogP contribution in [0.1, 0.15) is 30.9 Å². The van der Waals surface area contributed by atoms with Gasteiger partial charge in [0.25, 0.3) is 0 Å². The Morgan fingerprint density at radius 1 is 1.14 bits per heavy atom. The largest absolute Gasteiger partial charge is 0.469 e. The maximum Gasteiger partial charge on any atom is 0.305 e. The van der Waals surface area contributed by atoms with Crippen LogP contribution in [0.5, 0.6) is 0 Å². The molecule has 0 saturated carbocycles. The molecule has 0 fully saturated rings. The lowest BCUT2D eigenvalue weighted by Gasteiger charge is -2.20. The summed E-state index contributed by atoms with van der Waals surface area (Å²) in [5.41, 5.74) is 2.21. The molecule has 0 radical (unpaired) electrons. The Morgan fingerprint density at radius 3 is 2.45 bits per heavy atom. The lowest BCUT2D eigenvalue weighted by atomic mass is 10.0. The van der Waals surface area contributed by atoms with Gasteiger partial charge < -0.3 is 10.1 Å². The molecule has 0 aromatic heterocycles. The van der Waals surface area contributed by atoms with Crippen LogP contribution in [0.2, 0.25) is 5.02 Å². The summed E-state index contributed by atoms with van der Waals surface area (Å²) in [6, 6.07) is 18.0. The highest BCUT2D eigenvalue weighted by molar-refractivity contribution is 6.30. The molecular weight excluding hydrogens is 298 g/mol. The third-order valence-electron chi connectivity index (χ3n) is 3.49. The average molecular weight is 318 g/mol. The van der Waals surface area contributed by atoms with E-state index in [0.29, 0.717) is 6.42 Å². The van der Waals surface area contributed by atoms with Crippen LogP contribution < -0.4 is 5.32 Å². The topological polar surface area (TPSA) is 38.3 Å². The zero-order valence-corrected chi connectivity index (χ0v) is 13.3. The van der Waals surface area contributed by atoms with Gasteiger partial charge in [-0.1, -0.05) is 41.9 Å². The van der Waals surface area contributed by atoms with E-state index in [9.17, 15) is 4.79 Å². The molecule has 0 aliphatic carbocycles. The number of methoxy groups -OCH3 is 1. The van der Waals surface area contributed by atoms with E-state index in [1.807, 2.05) is 54.6 Å². The predicted octanol–water partition coefficient (Wildman–Crippen LogP) is 4.84. The maximum atomic E-state index is 11.3. The quantitative estimate of drug-likeness (QED) is 0.743. The second-order valence-electron chi connectivity index (χ2n) is 5.08. The normalized spacial score (nSPS) is 11.7. The third-order valence-corrected chi connectivity index (χ3v) is 3.74. The van der Waals surface area contributed by atoms with E-state index in [-0.39, 0.29) is 12.0 Å². The monoisotopic (exact) mass is 317 g/mol. The van der Waals surface area contributed by atoms with Crippen LogP contribution in [0.25, 0.3) is 0 Å². The molecule has 3 nitrogen and oxygen atoms in total. The smallest absolute Gasteiger partial charge is 0.305 e. The highest BCUT2D eigenvalue weighted by Gasteiger charge is 2.12. The zero-order chi connectivity index (χ0) is 15.8. The van der Waals surface area contributed by atoms with Crippen LogP contribution in [0.15, 0.2) is 54.6 Å². The van der Waals surface area contributed by atoms with Gasteiger partial charge in [-0.25, -0.2) is 0 Å². The van der Waals surface area contributed by atoms with Crippen LogP contribution in [0, 0.1) is 0 Å². The van der Waals surface area contributed by atoms with Crippen molar-refractivity contribution in [2.24, 2.45) is 0 Å². The first kappa shape index (κ1) is 16.4. The summed E-state index contributed by atoms with van der Waals surface area (Å²) in [5, 5.41) is 4.23. The molecule has 22 heavy (non-hydrogen) atoms. The summed E-state index contributed by atoms with van der Waals surface area (Å²) in [6.07, 6.45) is 2.03. The minimum atomic E-state index is -0.172. The van der Waals surface area contributed by atoms with E-state index in [0.717, 1.165) is 29.1 Å². The second kappa shape index (κ2) is 8.44. The predicted molar refractivity (Wildman–Crippen MR) is 90.1 cm³/mol. The van der Waals surface area contributed by atoms with Crippen molar-refractivity contribution in [3.05, 3.63) is 65.2 Å². The minimum Gasteiger partial charge on any atom is -0.469 e. The van der Waals surface area contributed by atoms with Gasteiger partial charge in [0.05, 0.1) is 13.2 Å². The Bertz CT molecular complexity index is 584. The molecule has 2 aromatic rings. The maximum absolute atomic E-state index is 11.3. The van der Waals surface area contributed by atoms with Crippen LogP contribution in [-0.4, -0.2) is 13.1 Å². The van der Waals surface area contributed by atoms with Crippen LogP contribution in [0.3, 0.4) is 0 Å². The molecule has 0 saturated heterocycles. The van der Waals surface area contributed by atoms with Crippen molar-refractivity contribution >= 4 is 23.3 Å². The number of esters is 1. The van der Waals surface area contributed by atoms with Gasteiger partial charge in [0.1, 0.15) is 0 Å². The number of nitrogens with one attached hydrogen (secondary N) is 1.